The minimum absolute atomic E-state index is 0.107. The molecule has 0 aliphatic carbocycles. The van der Waals surface area contributed by atoms with Gasteiger partial charge in [0.2, 0.25) is 0 Å². The van der Waals surface area contributed by atoms with Gasteiger partial charge in [-0.2, -0.15) is 0 Å². The van der Waals surface area contributed by atoms with Crippen molar-refractivity contribution in [3.05, 3.63) is 11.8 Å². The Kier molecular flexibility index (Phi) is 2.92. The van der Waals surface area contributed by atoms with Crippen LogP contribution in [0.15, 0.2) is 11.8 Å². The molecule has 2 heteroatoms. The van der Waals surface area contributed by atoms with E-state index < -0.39 is 0 Å². The highest BCUT2D eigenvalue weighted by Crippen LogP contribution is 1.92. The van der Waals surface area contributed by atoms with Crippen LogP contribution in [0, 0.1) is 0 Å². The van der Waals surface area contributed by atoms with Crippen LogP contribution in [0.1, 0.15) is 20.3 Å². The standard InChI is InChI=1S/C6H10O2/c1-3-6(8)4-5(2)7/h4,8H,3H2,1-2H3/b6-4+. The van der Waals surface area contributed by atoms with E-state index in [0.717, 1.165) is 0 Å². The van der Waals surface area contributed by atoms with Gasteiger partial charge in [-0.15, -0.1) is 0 Å². The van der Waals surface area contributed by atoms with Gasteiger partial charge in [-0.25, -0.2) is 0 Å². The topological polar surface area (TPSA) is 37.3 Å². The summed E-state index contributed by atoms with van der Waals surface area (Å²) in [5, 5.41) is 8.67. The number of carbonyl (C=O) groups is 1. The molecule has 0 bridgehead atoms. The molecule has 0 heterocycles. The van der Waals surface area contributed by atoms with Gasteiger partial charge in [0.1, 0.15) is 0 Å². The average Bonchev–Trinajstić information content (AvgIpc) is 1.65. The van der Waals surface area contributed by atoms with Gasteiger partial charge in [0.15, 0.2) is 5.78 Å². The number of carbonyl (C=O) groups excluding carboxylic acids is 1. The third-order valence-corrected chi connectivity index (χ3v) is 0.732. The second-order valence-corrected chi connectivity index (χ2v) is 1.60. The number of aliphatic hydroxyl groups is 1. The highest BCUT2D eigenvalue weighted by atomic mass is 16.3. The van der Waals surface area contributed by atoms with E-state index in [0.29, 0.717) is 6.42 Å². The fourth-order valence-corrected chi connectivity index (χ4v) is 0.337. The zero-order valence-corrected chi connectivity index (χ0v) is 5.14. The van der Waals surface area contributed by atoms with Gasteiger partial charge in [0.05, 0.1) is 5.76 Å². The van der Waals surface area contributed by atoms with E-state index in [2.05, 4.69) is 0 Å². The van der Waals surface area contributed by atoms with Crippen molar-refractivity contribution in [2.24, 2.45) is 0 Å². The Morgan fingerprint density at radius 3 is 2.38 bits per heavy atom. The summed E-state index contributed by atoms with van der Waals surface area (Å²) < 4.78 is 0. The normalized spacial score (nSPS) is 11.5. The summed E-state index contributed by atoms with van der Waals surface area (Å²) in [5.74, 6) is 0.0434. The quantitative estimate of drug-likeness (QED) is 0.435. The molecule has 0 amide bonds. The second-order valence-electron chi connectivity index (χ2n) is 1.60. The van der Waals surface area contributed by atoms with Crippen molar-refractivity contribution < 1.29 is 9.90 Å². The lowest BCUT2D eigenvalue weighted by molar-refractivity contribution is -0.112. The number of allylic oxidation sites excluding steroid dienone is 2. The monoisotopic (exact) mass is 114 g/mol. The third kappa shape index (κ3) is 3.40. The zero-order chi connectivity index (χ0) is 6.57. The van der Waals surface area contributed by atoms with Crippen LogP contribution in [0.25, 0.3) is 0 Å². The van der Waals surface area contributed by atoms with E-state index >= 15 is 0 Å². The van der Waals surface area contributed by atoms with Gasteiger partial charge in [-0.05, 0) is 6.92 Å². The van der Waals surface area contributed by atoms with Gasteiger partial charge in [-0.3, -0.25) is 4.79 Å². The average molecular weight is 114 g/mol. The molecule has 46 valence electrons. The fourth-order valence-electron chi connectivity index (χ4n) is 0.337. The van der Waals surface area contributed by atoms with Crippen molar-refractivity contribution >= 4 is 5.78 Å². The number of rotatable bonds is 2. The number of hydrogen-bond donors (Lipinski definition) is 1. The summed E-state index contributed by atoms with van der Waals surface area (Å²) in [4.78, 5) is 10.2. The molecule has 0 saturated carbocycles. The molecule has 0 aliphatic rings. The van der Waals surface area contributed by atoms with Gasteiger partial charge in [0.25, 0.3) is 0 Å². The van der Waals surface area contributed by atoms with Gasteiger partial charge >= 0.3 is 0 Å². The van der Waals surface area contributed by atoms with E-state index in [4.69, 9.17) is 5.11 Å². The molecule has 0 spiro atoms. The first-order valence-corrected chi connectivity index (χ1v) is 2.57. The molecular weight excluding hydrogens is 104 g/mol. The molecule has 0 aromatic carbocycles. The van der Waals surface area contributed by atoms with Crippen LogP contribution >= 0.6 is 0 Å². The highest BCUT2D eigenvalue weighted by molar-refractivity contribution is 5.87. The van der Waals surface area contributed by atoms with Gasteiger partial charge < -0.3 is 5.11 Å². The SMILES string of the molecule is CC/C(O)=C\C(C)=O. The molecule has 0 fully saturated rings. The lowest BCUT2D eigenvalue weighted by Crippen LogP contribution is -1.85. The Morgan fingerprint density at radius 2 is 2.25 bits per heavy atom. The van der Waals surface area contributed by atoms with Crippen LogP contribution in [-0.2, 0) is 4.79 Å². The second kappa shape index (κ2) is 3.24. The molecule has 0 atom stereocenters. The number of aliphatic hydroxyl groups excluding tert-OH is 1. The van der Waals surface area contributed by atoms with Crippen LogP contribution in [0.3, 0.4) is 0 Å². The summed E-state index contributed by atoms with van der Waals surface area (Å²) in [5.41, 5.74) is 0. The molecule has 0 aromatic rings. The molecule has 1 N–H and O–H groups in total. The third-order valence-electron chi connectivity index (χ3n) is 0.732. The Bertz CT molecular complexity index is 114. The van der Waals surface area contributed by atoms with Crippen LogP contribution < -0.4 is 0 Å². The first-order chi connectivity index (χ1) is 3.66. The summed E-state index contributed by atoms with van der Waals surface area (Å²) in [6.45, 7) is 3.20. The van der Waals surface area contributed by atoms with Crippen molar-refractivity contribution in [1.29, 1.82) is 0 Å². The van der Waals surface area contributed by atoms with E-state index in [1.807, 2.05) is 0 Å². The van der Waals surface area contributed by atoms with Crippen LogP contribution in [0.5, 0.6) is 0 Å². The summed E-state index contributed by atoms with van der Waals surface area (Å²) in [6, 6.07) is 0. The molecule has 2 nitrogen and oxygen atoms in total. The predicted octanol–water partition coefficient (Wildman–Crippen LogP) is 1.43. The molecule has 0 radical (unpaired) electrons. The molecule has 0 saturated heterocycles. The maximum Gasteiger partial charge on any atom is 0.155 e. The Morgan fingerprint density at radius 1 is 1.75 bits per heavy atom. The van der Waals surface area contributed by atoms with Crippen molar-refractivity contribution in [2.75, 3.05) is 0 Å². The molecular formula is C6H10O2. The van der Waals surface area contributed by atoms with Crippen LogP contribution in [-0.4, -0.2) is 10.9 Å². The van der Waals surface area contributed by atoms with E-state index in [1.165, 1.54) is 13.0 Å². The Labute approximate surface area is 48.8 Å². The largest absolute Gasteiger partial charge is 0.512 e. The van der Waals surface area contributed by atoms with E-state index in [9.17, 15) is 4.79 Å². The van der Waals surface area contributed by atoms with Crippen LogP contribution in [0.2, 0.25) is 0 Å². The maximum atomic E-state index is 10.2. The number of hydrogen-bond acceptors (Lipinski definition) is 2. The summed E-state index contributed by atoms with van der Waals surface area (Å²) in [7, 11) is 0. The van der Waals surface area contributed by atoms with E-state index in [-0.39, 0.29) is 11.5 Å². The smallest absolute Gasteiger partial charge is 0.155 e. The molecule has 0 rings (SSSR count). The summed E-state index contributed by atoms with van der Waals surface area (Å²) >= 11 is 0. The Balaban J connectivity index is 3.75. The van der Waals surface area contributed by atoms with Crippen molar-refractivity contribution in [3.63, 3.8) is 0 Å². The first kappa shape index (κ1) is 7.21. The van der Waals surface area contributed by atoms with Crippen molar-refractivity contribution in [1.82, 2.24) is 0 Å². The van der Waals surface area contributed by atoms with Crippen molar-refractivity contribution in [3.8, 4) is 0 Å². The highest BCUT2D eigenvalue weighted by Gasteiger charge is 1.88. The minimum Gasteiger partial charge on any atom is -0.512 e. The molecule has 0 aromatic heterocycles. The first-order valence-electron chi connectivity index (χ1n) is 2.57. The Hall–Kier alpha value is -0.790. The van der Waals surface area contributed by atoms with Gasteiger partial charge in [-0.1, -0.05) is 6.92 Å². The molecule has 0 unspecified atom stereocenters. The molecule has 8 heavy (non-hydrogen) atoms. The number of ketones is 1. The van der Waals surface area contributed by atoms with Crippen molar-refractivity contribution in [2.45, 2.75) is 20.3 Å². The van der Waals surface area contributed by atoms with Crippen LogP contribution in [0.4, 0.5) is 0 Å². The zero-order valence-electron chi connectivity index (χ0n) is 5.14. The van der Waals surface area contributed by atoms with Gasteiger partial charge in [0, 0.05) is 12.5 Å². The lowest BCUT2D eigenvalue weighted by Gasteiger charge is -1.87. The summed E-state index contributed by atoms with van der Waals surface area (Å²) in [6.07, 6.45) is 1.75. The molecule has 0 aliphatic heterocycles. The fraction of sp³-hybridized carbons (Fsp3) is 0.500. The van der Waals surface area contributed by atoms with E-state index in [1.54, 1.807) is 6.92 Å². The lowest BCUT2D eigenvalue weighted by atomic mass is 10.3. The predicted molar refractivity (Wildman–Crippen MR) is 31.7 cm³/mol. The maximum absolute atomic E-state index is 10.2. The minimum atomic E-state index is -0.107.